The van der Waals surface area contributed by atoms with Gasteiger partial charge in [0, 0.05) is 12.1 Å². The van der Waals surface area contributed by atoms with Gasteiger partial charge in [-0.15, -0.1) is 0 Å². The van der Waals surface area contributed by atoms with Gasteiger partial charge in [-0.1, -0.05) is 0 Å². The van der Waals surface area contributed by atoms with E-state index in [-0.39, 0.29) is 6.54 Å². The lowest BCUT2D eigenvalue weighted by Crippen LogP contribution is -2.30. The Balaban J connectivity index is 2.62. The van der Waals surface area contributed by atoms with E-state index < -0.39 is 15.3 Å². The number of sulfonamides is 1. The fraction of sp³-hybridized carbons (Fsp3) is 0.571. The van der Waals surface area contributed by atoms with Crippen molar-refractivity contribution in [2.24, 2.45) is 0 Å². The van der Waals surface area contributed by atoms with Crippen molar-refractivity contribution in [1.29, 1.82) is 0 Å². The third-order valence-electron chi connectivity index (χ3n) is 1.84. The highest BCUT2D eigenvalue weighted by atomic mass is 32.2. The first kappa shape index (κ1) is 11.0. The molecule has 0 fully saturated rings. The van der Waals surface area contributed by atoms with Crippen molar-refractivity contribution in [2.75, 3.05) is 5.73 Å². The minimum Gasteiger partial charge on any atom is -0.384 e. The number of aromatic nitrogens is 2. The van der Waals surface area contributed by atoms with E-state index in [1.54, 1.807) is 13.8 Å². The molecular formula is C7H14N4O2S. The molecule has 14 heavy (non-hydrogen) atoms. The Hall–Kier alpha value is -1.08. The molecule has 0 saturated carbocycles. The van der Waals surface area contributed by atoms with Gasteiger partial charge in [0.15, 0.2) is 0 Å². The Kier molecular flexibility index (Phi) is 3.12. The maximum Gasteiger partial charge on any atom is 0.214 e. The minimum atomic E-state index is -3.24. The number of nitrogens with one attached hydrogen (secondary N) is 2. The predicted molar refractivity (Wildman–Crippen MR) is 53.9 cm³/mol. The average Bonchev–Trinajstić information content (AvgIpc) is 2.47. The van der Waals surface area contributed by atoms with Crippen LogP contribution in [0.1, 0.15) is 19.4 Å². The molecule has 80 valence electrons. The molecule has 4 N–H and O–H groups in total. The predicted octanol–water partition coefficient (Wildman–Crippen LogP) is -0.180. The minimum absolute atomic E-state index is 0.169. The first-order valence-corrected chi connectivity index (χ1v) is 5.74. The van der Waals surface area contributed by atoms with Gasteiger partial charge in [0.1, 0.15) is 5.82 Å². The summed E-state index contributed by atoms with van der Waals surface area (Å²) >= 11 is 0. The molecule has 0 aliphatic heterocycles. The lowest BCUT2D eigenvalue weighted by molar-refractivity contribution is 0.572. The zero-order valence-corrected chi connectivity index (χ0v) is 8.93. The largest absolute Gasteiger partial charge is 0.384 e. The van der Waals surface area contributed by atoms with Gasteiger partial charge in [0.2, 0.25) is 10.0 Å². The van der Waals surface area contributed by atoms with Crippen LogP contribution in [0.2, 0.25) is 0 Å². The van der Waals surface area contributed by atoms with E-state index in [1.807, 2.05) is 0 Å². The first-order valence-electron chi connectivity index (χ1n) is 4.19. The SMILES string of the molecule is CC(C)S(=O)(=O)NCc1cn[nH]c1N. The lowest BCUT2D eigenvalue weighted by Gasteiger charge is -2.08. The number of hydrogen-bond acceptors (Lipinski definition) is 4. The van der Waals surface area contributed by atoms with Crippen LogP contribution >= 0.6 is 0 Å². The van der Waals surface area contributed by atoms with Crippen LogP contribution in [0, 0.1) is 0 Å². The number of hydrogen-bond donors (Lipinski definition) is 3. The highest BCUT2D eigenvalue weighted by molar-refractivity contribution is 7.90. The normalized spacial score (nSPS) is 12.2. The van der Waals surface area contributed by atoms with Crippen molar-refractivity contribution < 1.29 is 8.42 Å². The number of aromatic amines is 1. The molecule has 1 aromatic rings. The zero-order valence-electron chi connectivity index (χ0n) is 8.11. The van der Waals surface area contributed by atoms with Crippen LogP contribution < -0.4 is 10.5 Å². The monoisotopic (exact) mass is 218 g/mol. The number of nitrogen functional groups attached to an aromatic ring is 1. The second-order valence-corrected chi connectivity index (χ2v) is 5.55. The highest BCUT2D eigenvalue weighted by Gasteiger charge is 2.15. The molecule has 0 unspecified atom stereocenters. The maximum atomic E-state index is 11.4. The molecule has 0 atom stereocenters. The van der Waals surface area contributed by atoms with Crippen LogP contribution in [0.25, 0.3) is 0 Å². The summed E-state index contributed by atoms with van der Waals surface area (Å²) in [5, 5.41) is 5.76. The molecule has 0 saturated heterocycles. The summed E-state index contributed by atoms with van der Waals surface area (Å²) in [7, 11) is -3.24. The molecule has 0 aromatic carbocycles. The summed E-state index contributed by atoms with van der Waals surface area (Å²) < 4.78 is 25.1. The highest BCUT2D eigenvalue weighted by Crippen LogP contribution is 2.06. The Morgan fingerprint density at radius 1 is 1.64 bits per heavy atom. The summed E-state index contributed by atoms with van der Waals surface area (Å²) in [6.07, 6.45) is 1.50. The van der Waals surface area contributed by atoms with Crippen molar-refractivity contribution in [3.8, 4) is 0 Å². The summed E-state index contributed by atoms with van der Waals surface area (Å²) in [6.45, 7) is 3.39. The molecular weight excluding hydrogens is 204 g/mol. The van der Waals surface area contributed by atoms with Gasteiger partial charge in [0.25, 0.3) is 0 Å². The van der Waals surface area contributed by atoms with Gasteiger partial charge in [-0.3, -0.25) is 5.10 Å². The van der Waals surface area contributed by atoms with Crippen molar-refractivity contribution in [2.45, 2.75) is 25.6 Å². The number of rotatable bonds is 4. The molecule has 1 heterocycles. The van der Waals surface area contributed by atoms with Crippen LogP contribution in [0.15, 0.2) is 6.20 Å². The molecule has 0 radical (unpaired) electrons. The van der Waals surface area contributed by atoms with Gasteiger partial charge >= 0.3 is 0 Å². The molecule has 0 spiro atoms. The molecule has 0 aliphatic carbocycles. The molecule has 0 amide bonds. The zero-order chi connectivity index (χ0) is 10.8. The van der Waals surface area contributed by atoms with Gasteiger partial charge in [-0.05, 0) is 13.8 Å². The van der Waals surface area contributed by atoms with Gasteiger partial charge in [0.05, 0.1) is 11.4 Å². The number of anilines is 1. The first-order chi connectivity index (χ1) is 6.43. The second kappa shape index (κ2) is 3.97. The summed E-state index contributed by atoms with van der Waals surface area (Å²) in [5.74, 6) is 0.386. The summed E-state index contributed by atoms with van der Waals surface area (Å²) in [5.41, 5.74) is 6.14. The Morgan fingerprint density at radius 2 is 2.29 bits per heavy atom. The third-order valence-corrected chi connectivity index (χ3v) is 3.62. The standard InChI is InChI=1S/C7H14N4O2S/c1-5(2)14(12,13)10-4-6-3-9-11-7(6)8/h3,5,10H,4H2,1-2H3,(H3,8,9,11). The van der Waals surface area contributed by atoms with Crippen molar-refractivity contribution in [3.05, 3.63) is 11.8 Å². The fourth-order valence-electron chi connectivity index (χ4n) is 0.807. The van der Waals surface area contributed by atoms with Crippen molar-refractivity contribution >= 4 is 15.8 Å². The molecule has 1 rings (SSSR count). The van der Waals surface area contributed by atoms with Gasteiger partial charge in [-0.25, -0.2) is 13.1 Å². The van der Waals surface area contributed by atoms with E-state index in [2.05, 4.69) is 14.9 Å². The lowest BCUT2D eigenvalue weighted by atomic mass is 10.3. The Labute approximate surface area is 82.9 Å². The van der Waals surface area contributed by atoms with Crippen molar-refractivity contribution in [1.82, 2.24) is 14.9 Å². The molecule has 0 aliphatic rings. The number of nitrogens with zero attached hydrogens (tertiary/aromatic N) is 1. The second-order valence-electron chi connectivity index (χ2n) is 3.22. The van der Waals surface area contributed by atoms with Crippen LogP contribution in [0.3, 0.4) is 0 Å². The van der Waals surface area contributed by atoms with E-state index in [4.69, 9.17) is 5.73 Å². The van der Waals surface area contributed by atoms with Crippen LogP contribution in [-0.2, 0) is 16.6 Å². The van der Waals surface area contributed by atoms with E-state index in [1.165, 1.54) is 6.20 Å². The number of H-pyrrole nitrogens is 1. The fourth-order valence-corrected chi connectivity index (χ4v) is 1.50. The third kappa shape index (κ3) is 2.46. The van der Waals surface area contributed by atoms with Crippen LogP contribution in [-0.4, -0.2) is 23.9 Å². The van der Waals surface area contributed by atoms with Crippen LogP contribution in [0.5, 0.6) is 0 Å². The summed E-state index contributed by atoms with van der Waals surface area (Å²) in [6, 6.07) is 0. The molecule has 6 nitrogen and oxygen atoms in total. The summed E-state index contributed by atoms with van der Waals surface area (Å²) in [4.78, 5) is 0. The Bertz CT molecular complexity index is 396. The smallest absolute Gasteiger partial charge is 0.214 e. The van der Waals surface area contributed by atoms with Gasteiger partial charge in [-0.2, -0.15) is 5.10 Å². The molecule has 0 bridgehead atoms. The van der Waals surface area contributed by atoms with E-state index in [0.29, 0.717) is 11.4 Å². The van der Waals surface area contributed by atoms with E-state index in [9.17, 15) is 8.42 Å². The van der Waals surface area contributed by atoms with E-state index >= 15 is 0 Å². The average molecular weight is 218 g/mol. The Morgan fingerprint density at radius 3 is 2.71 bits per heavy atom. The molecule has 1 aromatic heterocycles. The van der Waals surface area contributed by atoms with Crippen LogP contribution in [0.4, 0.5) is 5.82 Å². The molecule has 7 heteroatoms. The van der Waals surface area contributed by atoms with Crippen molar-refractivity contribution in [3.63, 3.8) is 0 Å². The quantitative estimate of drug-likeness (QED) is 0.652. The van der Waals surface area contributed by atoms with Gasteiger partial charge < -0.3 is 5.73 Å². The van der Waals surface area contributed by atoms with E-state index in [0.717, 1.165) is 0 Å². The topological polar surface area (TPSA) is 101 Å². The number of nitrogens with two attached hydrogens (primary N) is 1. The maximum absolute atomic E-state index is 11.4.